The summed E-state index contributed by atoms with van der Waals surface area (Å²) in [6.07, 6.45) is 6.01. The van der Waals surface area contributed by atoms with E-state index in [0.29, 0.717) is 0 Å². The number of hydrogen-bond donors (Lipinski definition) is 0. The second-order valence-electron chi connectivity index (χ2n) is 7.69. The summed E-state index contributed by atoms with van der Waals surface area (Å²) in [6, 6.07) is 30.3. The number of rotatable bonds is 4. The minimum absolute atomic E-state index is 1.09. The summed E-state index contributed by atoms with van der Waals surface area (Å²) in [4.78, 5) is 0. The van der Waals surface area contributed by atoms with Gasteiger partial charge in [-0.1, -0.05) is 89.3 Å². The molecule has 5 aromatic rings. The van der Waals surface area contributed by atoms with Gasteiger partial charge in [-0.3, -0.25) is 0 Å². The first-order valence-electron chi connectivity index (χ1n) is 10.4. The summed E-state index contributed by atoms with van der Waals surface area (Å²) in [5.41, 5.74) is 8.53. The molecule has 0 spiro atoms. The van der Waals surface area contributed by atoms with Crippen LogP contribution in [-0.2, 0) is 0 Å². The van der Waals surface area contributed by atoms with E-state index in [4.69, 9.17) is 0 Å². The molecule has 0 N–H and O–H groups in total. The summed E-state index contributed by atoms with van der Waals surface area (Å²) in [6.45, 7) is 6.01. The molecule has 0 unspecified atom stereocenters. The molecule has 0 aliphatic heterocycles. The Morgan fingerprint density at radius 1 is 0.774 bits per heavy atom. The molecule has 0 aliphatic rings. The molecule has 0 fully saturated rings. The SMILES string of the molecule is C=C/C=C\c1c(C)ccc2c1c1ccccc1n2-c1ccc(-c2ccc(Br)cc2)cc1. The monoisotopic (exact) mass is 463 g/mol. The van der Waals surface area contributed by atoms with Crippen LogP contribution in [0.1, 0.15) is 11.1 Å². The molecule has 2 heteroatoms. The first-order valence-corrected chi connectivity index (χ1v) is 11.1. The second kappa shape index (κ2) is 8.05. The number of halogens is 1. The fourth-order valence-electron chi connectivity index (χ4n) is 4.29. The molecule has 0 saturated heterocycles. The Labute approximate surface area is 191 Å². The number of para-hydroxylation sites is 1. The van der Waals surface area contributed by atoms with Crippen molar-refractivity contribution >= 4 is 43.8 Å². The van der Waals surface area contributed by atoms with Crippen LogP contribution in [0.15, 0.2) is 108 Å². The van der Waals surface area contributed by atoms with E-state index in [9.17, 15) is 0 Å². The fraction of sp³-hybridized carbons (Fsp3) is 0.0345. The Morgan fingerprint density at radius 2 is 1.45 bits per heavy atom. The fourth-order valence-corrected chi connectivity index (χ4v) is 4.56. The van der Waals surface area contributed by atoms with Crippen LogP contribution in [0, 0.1) is 6.92 Å². The van der Waals surface area contributed by atoms with E-state index in [0.717, 1.165) is 10.2 Å². The van der Waals surface area contributed by atoms with Gasteiger partial charge in [-0.25, -0.2) is 0 Å². The van der Waals surface area contributed by atoms with Crippen LogP contribution in [0.3, 0.4) is 0 Å². The van der Waals surface area contributed by atoms with Crippen molar-refractivity contribution in [2.75, 3.05) is 0 Å². The van der Waals surface area contributed by atoms with Gasteiger partial charge in [-0.2, -0.15) is 0 Å². The molecule has 4 aromatic carbocycles. The van der Waals surface area contributed by atoms with Crippen LogP contribution in [0.5, 0.6) is 0 Å². The zero-order valence-electron chi connectivity index (χ0n) is 17.3. The lowest BCUT2D eigenvalue weighted by Gasteiger charge is -2.10. The van der Waals surface area contributed by atoms with Gasteiger partial charge in [0.2, 0.25) is 0 Å². The van der Waals surface area contributed by atoms with Gasteiger partial charge < -0.3 is 4.57 Å². The lowest BCUT2D eigenvalue weighted by Crippen LogP contribution is -1.94. The minimum Gasteiger partial charge on any atom is -0.309 e. The first-order chi connectivity index (χ1) is 15.2. The third kappa shape index (κ3) is 3.43. The van der Waals surface area contributed by atoms with Gasteiger partial charge in [-0.05, 0) is 65.6 Å². The molecule has 31 heavy (non-hydrogen) atoms. The molecule has 1 aromatic heterocycles. The number of allylic oxidation sites excluding steroid dienone is 2. The van der Waals surface area contributed by atoms with Gasteiger partial charge in [0, 0.05) is 20.9 Å². The van der Waals surface area contributed by atoms with E-state index in [2.05, 4.69) is 125 Å². The second-order valence-corrected chi connectivity index (χ2v) is 8.61. The zero-order valence-corrected chi connectivity index (χ0v) is 18.9. The Balaban J connectivity index is 1.73. The van der Waals surface area contributed by atoms with Crippen molar-refractivity contribution in [3.05, 3.63) is 119 Å². The van der Waals surface area contributed by atoms with Gasteiger partial charge in [0.1, 0.15) is 0 Å². The van der Waals surface area contributed by atoms with Crippen LogP contribution >= 0.6 is 15.9 Å². The molecule has 150 valence electrons. The summed E-state index contributed by atoms with van der Waals surface area (Å²) < 4.78 is 3.45. The number of nitrogens with zero attached hydrogens (tertiary/aromatic N) is 1. The van der Waals surface area contributed by atoms with E-state index in [1.165, 1.54) is 44.1 Å². The van der Waals surface area contributed by atoms with Crippen molar-refractivity contribution in [1.82, 2.24) is 4.57 Å². The van der Waals surface area contributed by atoms with Gasteiger partial charge in [0.15, 0.2) is 0 Å². The van der Waals surface area contributed by atoms with Gasteiger partial charge >= 0.3 is 0 Å². The Kier molecular flexibility index (Phi) is 5.09. The van der Waals surface area contributed by atoms with Crippen LogP contribution in [0.25, 0.3) is 44.7 Å². The third-order valence-electron chi connectivity index (χ3n) is 5.80. The maximum absolute atomic E-state index is 3.84. The van der Waals surface area contributed by atoms with Crippen molar-refractivity contribution in [3.8, 4) is 16.8 Å². The van der Waals surface area contributed by atoms with Gasteiger partial charge in [-0.15, -0.1) is 0 Å². The van der Waals surface area contributed by atoms with E-state index >= 15 is 0 Å². The normalized spacial score (nSPS) is 11.5. The van der Waals surface area contributed by atoms with Crippen molar-refractivity contribution in [1.29, 1.82) is 0 Å². The van der Waals surface area contributed by atoms with Crippen molar-refractivity contribution < 1.29 is 0 Å². The zero-order chi connectivity index (χ0) is 21.4. The van der Waals surface area contributed by atoms with Gasteiger partial charge in [0.25, 0.3) is 0 Å². The molecule has 0 aliphatic carbocycles. The molecule has 0 amide bonds. The number of aryl methyl sites for hydroxylation is 1. The molecular formula is C29H22BrN. The van der Waals surface area contributed by atoms with Gasteiger partial charge in [0.05, 0.1) is 11.0 Å². The predicted molar refractivity (Wildman–Crippen MR) is 138 cm³/mol. The third-order valence-corrected chi connectivity index (χ3v) is 6.33. The topological polar surface area (TPSA) is 4.93 Å². The highest BCUT2D eigenvalue weighted by Gasteiger charge is 2.15. The average molecular weight is 464 g/mol. The van der Waals surface area contributed by atoms with Crippen LogP contribution < -0.4 is 0 Å². The molecule has 5 rings (SSSR count). The molecule has 0 bridgehead atoms. The molecule has 1 nitrogen and oxygen atoms in total. The lowest BCUT2D eigenvalue weighted by molar-refractivity contribution is 1.18. The highest BCUT2D eigenvalue weighted by Crippen LogP contribution is 2.36. The Bertz CT molecular complexity index is 1430. The van der Waals surface area contributed by atoms with E-state index < -0.39 is 0 Å². The Morgan fingerprint density at radius 3 is 2.16 bits per heavy atom. The number of fused-ring (bicyclic) bond motifs is 3. The largest absolute Gasteiger partial charge is 0.309 e. The highest BCUT2D eigenvalue weighted by atomic mass is 79.9. The summed E-state index contributed by atoms with van der Waals surface area (Å²) in [7, 11) is 0. The van der Waals surface area contributed by atoms with E-state index in [1.807, 2.05) is 12.2 Å². The quantitative estimate of drug-likeness (QED) is 0.234. The van der Waals surface area contributed by atoms with Crippen LogP contribution in [0.2, 0.25) is 0 Å². The number of aromatic nitrogens is 1. The summed E-state index contributed by atoms with van der Waals surface area (Å²) >= 11 is 3.51. The average Bonchev–Trinajstić information content (AvgIpc) is 3.14. The predicted octanol–water partition coefficient (Wildman–Crippen LogP) is 8.72. The number of hydrogen-bond acceptors (Lipinski definition) is 0. The van der Waals surface area contributed by atoms with E-state index in [-0.39, 0.29) is 0 Å². The minimum atomic E-state index is 1.09. The maximum Gasteiger partial charge on any atom is 0.0547 e. The van der Waals surface area contributed by atoms with E-state index in [1.54, 1.807) is 0 Å². The molecular weight excluding hydrogens is 442 g/mol. The number of benzene rings is 4. The Hall–Kier alpha value is -3.36. The van der Waals surface area contributed by atoms with Crippen molar-refractivity contribution in [2.45, 2.75) is 6.92 Å². The smallest absolute Gasteiger partial charge is 0.0547 e. The van der Waals surface area contributed by atoms with Crippen molar-refractivity contribution in [2.24, 2.45) is 0 Å². The summed E-state index contributed by atoms with van der Waals surface area (Å²) in [5, 5.41) is 2.55. The van der Waals surface area contributed by atoms with Crippen LogP contribution in [0.4, 0.5) is 0 Å². The first kappa shape index (κ1) is 19.6. The highest BCUT2D eigenvalue weighted by molar-refractivity contribution is 9.10. The molecule has 0 radical (unpaired) electrons. The molecule has 0 atom stereocenters. The standard InChI is InChI=1S/C29H22BrN/c1-3-4-7-25-20(2)10-19-28-29(25)26-8-5-6-9-27(26)31(28)24-17-13-22(14-18-24)21-11-15-23(30)16-12-21/h3-19H,1H2,2H3/b7-4-. The van der Waals surface area contributed by atoms with Crippen molar-refractivity contribution in [3.63, 3.8) is 0 Å². The maximum atomic E-state index is 3.84. The summed E-state index contributed by atoms with van der Waals surface area (Å²) in [5.74, 6) is 0. The van der Waals surface area contributed by atoms with Crippen LogP contribution in [-0.4, -0.2) is 4.57 Å². The molecule has 1 heterocycles. The molecule has 0 saturated carbocycles. The lowest BCUT2D eigenvalue weighted by atomic mass is 10.0.